The van der Waals surface area contributed by atoms with Crippen LogP contribution >= 0.6 is 0 Å². The topological polar surface area (TPSA) is 43.9 Å². The summed E-state index contributed by atoms with van der Waals surface area (Å²) in [6.45, 7) is 2.70. The monoisotopic (exact) mass is 367 g/mol. The summed E-state index contributed by atoms with van der Waals surface area (Å²) in [5, 5.41) is 0. The van der Waals surface area contributed by atoms with E-state index in [9.17, 15) is 14.0 Å². The lowest BCUT2D eigenvalue weighted by atomic mass is 10.1. The van der Waals surface area contributed by atoms with Crippen molar-refractivity contribution in [2.24, 2.45) is 5.92 Å². The Labute approximate surface area is 158 Å². The predicted molar refractivity (Wildman–Crippen MR) is 102 cm³/mol. The average molecular weight is 367 g/mol. The quantitative estimate of drug-likeness (QED) is 0.837. The number of hydrogen-bond donors (Lipinski definition) is 0. The minimum atomic E-state index is -0.308. The van der Waals surface area contributed by atoms with Gasteiger partial charge in [-0.2, -0.15) is 0 Å². The molecule has 5 nitrogen and oxygen atoms in total. The first-order chi connectivity index (χ1) is 13.1. The Bertz CT molecular complexity index is 834. The van der Waals surface area contributed by atoms with Crippen LogP contribution in [0.25, 0.3) is 0 Å². The van der Waals surface area contributed by atoms with Crippen molar-refractivity contribution in [3.8, 4) is 0 Å². The number of rotatable bonds is 3. The summed E-state index contributed by atoms with van der Waals surface area (Å²) >= 11 is 0. The molecule has 6 heteroatoms. The molecular weight excluding hydrogens is 345 g/mol. The molecule has 0 saturated carbocycles. The van der Waals surface area contributed by atoms with Gasteiger partial charge in [-0.3, -0.25) is 9.59 Å². The molecule has 2 aromatic rings. The number of carbonyl (C=O) groups excluding carboxylic acids is 2. The molecule has 27 heavy (non-hydrogen) atoms. The summed E-state index contributed by atoms with van der Waals surface area (Å²) < 4.78 is 14.0. The second-order valence-electron chi connectivity index (χ2n) is 7.00. The van der Waals surface area contributed by atoms with E-state index < -0.39 is 0 Å². The maximum absolute atomic E-state index is 14.0. The molecule has 2 fully saturated rings. The third-order valence-electron chi connectivity index (χ3n) is 5.33. The van der Waals surface area contributed by atoms with Crippen molar-refractivity contribution in [1.29, 1.82) is 0 Å². The molecule has 2 aliphatic heterocycles. The third-order valence-corrected chi connectivity index (χ3v) is 5.33. The zero-order valence-electron chi connectivity index (χ0n) is 15.1. The number of benzene rings is 2. The van der Waals surface area contributed by atoms with E-state index in [1.165, 1.54) is 6.07 Å². The Hall–Kier alpha value is -2.89. The largest absolute Gasteiger partial charge is 0.366 e. The fraction of sp³-hybridized carbons (Fsp3) is 0.333. The highest BCUT2D eigenvalue weighted by Gasteiger charge is 2.38. The summed E-state index contributed by atoms with van der Waals surface area (Å²) in [6, 6.07) is 16.2. The minimum Gasteiger partial charge on any atom is -0.366 e. The fourth-order valence-corrected chi connectivity index (χ4v) is 3.86. The van der Waals surface area contributed by atoms with Gasteiger partial charge in [-0.1, -0.05) is 30.3 Å². The van der Waals surface area contributed by atoms with Gasteiger partial charge < -0.3 is 14.7 Å². The van der Waals surface area contributed by atoms with Crippen molar-refractivity contribution in [1.82, 2.24) is 4.90 Å². The third kappa shape index (κ3) is 3.52. The molecule has 2 saturated heterocycles. The van der Waals surface area contributed by atoms with Crippen molar-refractivity contribution >= 4 is 23.2 Å². The smallest absolute Gasteiger partial charge is 0.228 e. The zero-order chi connectivity index (χ0) is 18.8. The molecule has 0 N–H and O–H groups in total. The van der Waals surface area contributed by atoms with Gasteiger partial charge in [-0.15, -0.1) is 0 Å². The number of carbonyl (C=O) groups is 2. The molecule has 0 aliphatic carbocycles. The average Bonchev–Trinajstić information content (AvgIpc) is 3.10. The molecule has 0 bridgehead atoms. The molecule has 2 aromatic carbocycles. The van der Waals surface area contributed by atoms with E-state index in [0.717, 1.165) is 5.69 Å². The van der Waals surface area contributed by atoms with Crippen LogP contribution in [0, 0.1) is 11.7 Å². The van der Waals surface area contributed by atoms with Crippen LogP contribution < -0.4 is 9.80 Å². The van der Waals surface area contributed by atoms with Gasteiger partial charge in [0.25, 0.3) is 0 Å². The molecule has 4 rings (SSSR count). The molecule has 0 aromatic heterocycles. The first kappa shape index (κ1) is 17.5. The van der Waals surface area contributed by atoms with Crippen LogP contribution in [0.15, 0.2) is 54.6 Å². The lowest BCUT2D eigenvalue weighted by Gasteiger charge is -2.37. The van der Waals surface area contributed by atoms with Gasteiger partial charge in [0.1, 0.15) is 5.82 Å². The molecule has 0 radical (unpaired) electrons. The Morgan fingerprint density at radius 2 is 1.59 bits per heavy atom. The highest BCUT2D eigenvalue weighted by atomic mass is 19.1. The zero-order valence-corrected chi connectivity index (χ0v) is 15.1. The van der Waals surface area contributed by atoms with Gasteiger partial charge >= 0.3 is 0 Å². The number of para-hydroxylation sites is 2. The van der Waals surface area contributed by atoms with Gasteiger partial charge in [-0.25, -0.2) is 4.39 Å². The predicted octanol–water partition coefficient (Wildman–Crippen LogP) is 2.53. The number of halogens is 1. The highest BCUT2D eigenvalue weighted by molar-refractivity contribution is 6.00. The molecule has 0 spiro atoms. The van der Waals surface area contributed by atoms with Crippen LogP contribution in [0.2, 0.25) is 0 Å². The fourth-order valence-electron chi connectivity index (χ4n) is 3.86. The van der Waals surface area contributed by atoms with E-state index >= 15 is 0 Å². The van der Waals surface area contributed by atoms with E-state index in [0.29, 0.717) is 38.4 Å². The first-order valence-electron chi connectivity index (χ1n) is 9.27. The lowest BCUT2D eigenvalue weighted by Crippen LogP contribution is -2.51. The van der Waals surface area contributed by atoms with E-state index in [2.05, 4.69) is 0 Å². The van der Waals surface area contributed by atoms with Crippen LogP contribution in [0.1, 0.15) is 6.42 Å². The summed E-state index contributed by atoms with van der Waals surface area (Å²) in [5.41, 5.74) is 1.41. The molecular formula is C21H22FN3O2. The highest BCUT2D eigenvalue weighted by Crippen LogP contribution is 2.27. The van der Waals surface area contributed by atoms with E-state index in [4.69, 9.17) is 0 Å². The molecule has 140 valence electrons. The van der Waals surface area contributed by atoms with Gasteiger partial charge in [-0.05, 0) is 24.3 Å². The Morgan fingerprint density at radius 1 is 0.926 bits per heavy atom. The normalized spacial score (nSPS) is 20.3. The second kappa shape index (κ2) is 7.39. The maximum atomic E-state index is 14.0. The van der Waals surface area contributed by atoms with Crippen LogP contribution in [0.3, 0.4) is 0 Å². The van der Waals surface area contributed by atoms with Crippen LogP contribution in [0.5, 0.6) is 0 Å². The van der Waals surface area contributed by atoms with Crippen LogP contribution in [-0.2, 0) is 9.59 Å². The van der Waals surface area contributed by atoms with Gasteiger partial charge in [0, 0.05) is 44.8 Å². The summed E-state index contributed by atoms with van der Waals surface area (Å²) in [6.07, 6.45) is 0.251. The standard InChI is InChI=1S/C21H22FN3O2/c22-18-8-4-5-9-19(18)23-10-12-24(13-11-23)21(27)16-14-20(26)25(15-16)17-6-2-1-3-7-17/h1-9,16H,10-15H2/t16-/m1/s1. The second-order valence-corrected chi connectivity index (χ2v) is 7.00. The van der Waals surface area contributed by atoms with Gasteiger partial charge in [0.05, 0.1) is 11.6 Å². The summed E-state index contributed by atoms with van der Waals surface area (Å²) in [5.74, 6) is -0.533. The number of anilines is 2. The van der Waals surface area contributed by atoms with Gasteiger partial charge in [0.2, 0.25) is 11.8 Å². The maximum Gasteiger partial charge on any atom is 0.228 e. The molecule has 1 atom stereocenters. The molecule has 0 unspecified atom stereocenters. The summed E-state index contributed by atoms with van der Waals surface area (Å²) in [7, 11) is 0. The van der Waals surface area contributed by atoms with Crippen molar-refractivity contribution < 1.29 is 14.0 Å². The number of hydrogen-bond acceptors (Lipinski definition) is 3. The Morgan fingerprint density at radius 3 is 2.30 bits per heavy atom. The lowest BCUT2D eigenvalue weighted by molar-refractivity contribution is -0.136. The van der Waals surface area contributed by atoms with Crippen LogP contribution in [-0.4, -0.2) is 49.4 Å². The van der Waals surface area contributed by atoms with Crippen molar-refractivity contribution in [2.75, 3.05) is 42.5 Å². The molecule has 2 amide bonds. The number of nitrogens with zero attached hydrogens (tertiary/aromatic N) is 3. The van der Waals surface area contributed by atoms with E-state index in [1.54, 1.807) is 17.0 Å². The SMILES string of the molecule is O=C([C@@H]1CC(=O)N(c2ccccc2)C1)N1CCN(c2ccccc2F)CC1. The molecule has 2 heterocycles. The van der Waals surface area contributed by atoms with Crippen LogP contribution in [0.4, 0.5) is 15.8 Å². The molecule has 2 aliphatic rings. The first-order valence-corrected chi connectivity index (χ1v) is 9.27. The minimum absolute atomic E-state index is 0.00968. The summed E-state index contributed by atoms with van der Waals surface area (Å²) in [4.78, 5) is 30.7. The van der Waals surface area contributed by atoms with Crippen molar-refractivity contribution in [2.45, 2.75) is 6.42 Å². The van der Waals surface area contributed by atoms with Crippen molar-refractivity contribution in [3.63, 3.8) is 0 Å². The van der Waals surface area contributed by atoms with Crippen molar-refractivity contribution in [3.05, 3.63) is 60.4 Å². The van der Waals surface area contributed by atoms with Gasteiger partial charge in [0.15, 0.2) is 0 Å². The number of amides is 2. The van der Waals surface area contributed by atoms with E-state index in [1.807, 2.05) is 46.2 Å². The number of piperazine rings is 1. The van der Waals surface area contributed by atoms with E-state index in [-0.39, 0.29) is 30.0 Å². The Balaban J connectivity index is 1.37. The Kier molecular flexibility index (Phi) is 4.79.